The Morgan fingerprint density at radius 2 is 0.579 bits per heavy atom. The molecule has 0 saturated carbocycles. The van der Waals surface area contributed by atoms with Crippen LogP contribution in [0.15, 0.2) is 146 Å². The normalized spacial score (nSPS) is 11.0. The highest BCUT2D eigenvalue weighted by atomic mass is 35.6. The molecular weight excluding hydrogens is 535 g/mol. The molecule has 0 radical (unpaired) electrons. The van der Waals surface area contributed by atoms with Gasteiger partial charge in [0.05, 0.1) is 0 Å². The smallest absolute Gasteiger partial charge is 0.138 e. The van der Waals surface area contributed by atoms with E-state index in [1.807, 2.05) is 97.1 Å². The van der Waals surface area contributed by atoms with Gasteiger partial charge in [-0.25, -0.2) is 0 Å². The van der Waals surface area contributed by atoms with Gasteiger partial charge in [-0.2, -0.15) is 0 Å². The zero-order valence-electron chi connectivity index (χ0n) is 20.6. The van der Waals surface area contributed by atoms with Crippen molar-refractivity contribution in [1.82, 2.24) is 0 Å². The summed E-state index contributed by atoms with van der Waals surface area (Å²) in [7, 11) is -5.48. The summed E-state index contributed by atoms with van der Waals surface area (Å²) in [6, 6.07) is 48.7. The van der Waals surface area contributed by atoms with Gasteiger partial charge < -0.3 is 0 Å². The lowest BCUT2D eigenvalue weighted by Gasteiger charge is -2.19. The minimum atomic E-state index is -2.74. The number of benzene rings is 5. The van der Waals surface area contributed by atoms with Crippen LogP contribution in [0.2, 0.25) is 0 Å². The van der Waals surface area contributed by atoms with Crippen LogP contribution in [0.4, 0.5) is 0 Å². The van der Waals surface area contributed by atoms with E-state index in [1.54, 1.807) is 0 Å². The summed E-state index contributed by atoms with van der Waals surface area (Å²) >= 11 is 14.6. The molecule has 0 bridgehead atoms. The number of hydrogen-bond donors (Lipinski definition) is 0. The zero-order valence-corrected chi connectivity index (χ0v) is 24.1. The van der Waals surface area contributed by atoms with Gasteiger partial charge >= 0.3 is 0 Å². The molecule has 0 unspecified atom stereocenters. The van der Waals surface area contributed by atoms with Gasteiger partial charge in [0, 0.05) is 11.1 Å². The Morgan fingerprint density at radius 1 is 0.342 bits per heavy atom. The fourth-order valence-corrected chi connectivity index (χ4v) is 10.5. The van der Waals surface area contributed by atoms with Crippen molar-refractivity contribution < 1.29 is 0 Å². The molecule has 5 aromatic rings. The maximum Gasteiger partial charge on any atom is 0.294 e. The van der Waals surface area contributed by atoms with Crippen molar-refractivity contribution in [2.75, 3.05) is 0 Å². The molecule has 5 aromatic carbocycles. The van der Waals surface area contributed by atoms with Crippen molar-refractivity contribution in [1.29, 1.82) is 0 Å². The van der Waals surface area contributed by atoms with Gasteiger partial charge in [0.2, 0.25) is 0 Å². The molecule has 0 spiro atoms. The van der Waals surface area contributed by atoms with Gasteiger partial charge in [-0.3, -0.25) is 0 Å². The fourth-order valence-electron chi connectivity index (χ4n) is 4.25. The third kappa shape index (κ3) is 5.71. The molecule has 0 aliphatic rings. The first-order chi connectivity index (χ1) is 18.6. The summed E-state index contributed by atoms with van der Waals surface area (Å²) in [6.45, 7) is 0. The average molecular weight is 560 g/mol. The van der Waals surface area contributed by atoms with E-state index in [4.69, 9.17) is 22.2 Å². The first kappa shape index (κ1) is 25.9. The molecule has 0 saturated heterocycles. The first-order valence-corrected chi connectivity index (χ1v) is 18.4. The number of halogens is 2. The lowest BCUT2D eigenvalue weighted by Crippen LogP contribution is -2.52. The quantitative estimate of drug-likeness (QED) is 0.156. The second kappa shape index (κ2) is 11.7. The number of hydrogen-bond acceptors (Lipinski definition) is 0. The Morgan fingerprint density at radius 3 is 0.816 bits per heavy atom. The lowest BCUT2D eigenvalue weighted by molar-refractivity contribution is 1.60. The van der Waals surface area contributed by atoms with Crippen LogP contribution in [0, 0.1) is 22.9 Å². The Labute approximate surface area is 236 Å². The zero-order chi connectivity index (χ0) is 26.3. The van der Waals surface area contributed by atoms with Crippen LogP contribution in [0.1, 0.15) is 11.1 Å². The van der Waals surface area contributed by atoms with Crippen LogP contribution in [0.25, 0.3) is 0 Å². The van der Waals surface area contributed by atoms with Gasteiger partial charge in [0.25, 0.3) is 14.8 Å². The molecule has 4 heteroatoms. The van der Waals surface area contributed by atoms with Crippen LogP contribution in [-0.2, 0) is 0 Å². The van der Waals surface area contributed by atoms with E-state index in [0.29, 0.717) is 0 Å². The predicted octanol–water partition coefficient (Wildman–Crippen LogP) is 5.47. The molecule has 0 aliphatic heterocycles. The van der Waals surface area contributed by atoms with Crippen molar-refractivity contribution in [2.45, 2.75) is 0 Å². The Kier molecular flexibility index (Phi) is 7.99. The molecule has 0 fully saturated rings. The Bertz CT molecular complexity index is 1410. The van der Waals surface area contributed by atoms with Crippen LogP contribution in [-0.4, -0.2) is 14.8 Å². The minimum absolute atomic E-state index is 0.903. The van der Waals surface area contributed by atoms with Crippen molar-refractivity contribution >= 4 is 57.7 Å². The largest absolute Gasteiger partial charge is 0.294 e. The van der Waals surface area contributed by atoms with Crippen molar-refractivity contribution in [3.8, 4) is 22.9 Å². The molecule has 38 heavy (non-hydrogen) atoms. The molecule has 0 aliphatic carbocycles. The third-order valence-corrected chi connectivity index (χ3v) is 15.0. The van der Waals surface area contributed by atoms with Gasteiger partial charge in [-0.05, 0) is 45.0 Å². The second-order valence-corrected chi connectivity index (χ2v) is 17.7. The molecule has 0 aromatic heterocycles. The lowest BCUT2D eigenvalue weighted by atomic mass is 10.1. The standard InChI is InChI=1S/C34H24Cl2Si2/c35-37(31-13-5-1-6-14-31,32-15-7-2-8-16-32)27-25-29-21-23-30(24-22-29)26-28-38(36,33-17-9-3-10-18-33)34-19-11-4-12-20-34/h1-24H. The molecule has 0 amide bonds. The first-order valence-electron chi connectivity index (χ1n) is 12.3. The highest BCUT2D eigenvalue weighted by molar-refractivity contribution is 7.38. The summed E-state index contributed by atoms with van der Waals surface area (Å²) in [4.78, 5) is 0. The van der Waals surface area contributed by atoms with E-state index >= 15 is 0 Å². The molecule has 0 atom stereocenters. The van der Waals surface area contributed by atoms with E-state index in [9.17, 15) is 0 Å². The minimum Gasteiger partial charge on any atom is -0.138 e. The molecule has 182 valence electrons. The average Bonchev–Trinajstić information content (AvgIpc) is 3.01. The van der Waals surface area contributed by atoms with Crippen LogP contribution < -0.4 is 20.7 Å². The van der Waals surface area contributed by atoms with Crippen LogP contribution in [0.3, 0.4) is 0 Å². The van der Waals surface area contributed by atoms with Crippen LogP contribution >= 0.6 is 22.2 Å². The van der Waals surface area contributed by atoms with Crippen molar-refractivity contribution in [2.24, 2.45) is 0 Å². The van der Waals surface area contributed by atoms with Gasteiger partial charge in [-0.15, -0.1) is 22.2 Å². The SMILES string of the molecule is Cl[Si](C#Cc1ccc(C#C[Si](Cl)(c2ccccc2)c2ccccc2)cc1)(c1ccccc1)c1ccccc1. The maximum absolute atomic E-state index is 7.32. The highest BCUT2D eigenvalue weighted by Crippen LogP contribution is 2.13. The van der Waals surface area contributed by atoms with Gasteiger partial charge in [0.1, 0.15) is 0 Å². The summed E-state index contributed by atoms with van der Waals surface area (Å²) < 4.78 is 0. The second-order valence-electron chi connectivity index (χ2n) is 8.86. The van der Waals surface area contributed by atoms with Crippen molar-refractivity contribution in [3.63, 3.8) is 0 Å². The summed E-state index contributed by atoms with van der Waals surface area (Å²) in [5, 5.41) is 4.31. The number of rotatable bonds is 4. The maximum atomic E-state index is 7.32. The van der Waals surface area contributed by atoms with E-state index in [1.165, 1.54) is 0 Å². The summed E-state index contributed by atoms with van der Waals surface area (Å²) in [6.07, 6.45) is 0. The Hall–Kier alpha value is -3.77. The van der Waals surface area contributed by atoms with E-state index in [0.717, 1.165) is 31.9 Å². The molecule has 0 N–H and O–H groups in total. The highest BCUT2D eigenvalue weighted by Gasteiger charge is 2.34. The molecule has 0 heterocycles. The predicted molar refractivity (Wildman–Crippen MR) is 168 cm³/mol. The van der Waals surface area contributed by atoms with E-state index in [-0.39, 0.29) is 0 Å². The summed E-state index contributed by atoms with van der Waals surface area (Å²) in [5.74, 6) is 6.70. The Balaban J connectivity index is 1.46. The molecular formula is C34H24Cl2Si2. The fraction of sp³-hybridized carbons (Fsp3) is 0. The van der Waals surface area contributed by atoms with Crippen molar-refractivity contribution in [3.05, 3.63) is 157 Å². The molecule has 0 nitrogen and oxygen atoms in total. The van der Waals surface area contributed by atoms with E-state index < -0.39 is 14.8 Å². The molecule has 5 rings (SSSR count). The van der Waals surface area contributed by atoms with E-state index in [2.05, 4.69) is 71.5 Å². The van der Waals surface area contributed by atoms with Gasteiger partial charge in [0.15, 0.2) is 0 Å². The monoisotopic (exact) mass is 558 g/mol. The van der Waals surface area contributed by atoms with Gasteiger partial charge in [-0.1, -0.05) is 144 Å². The summed E-state index contributed by atoms with van der Waals surface area (Å²) in [5.41, 5.74) is 8.74. The third-order valence-electron chi connectivity index (χ3n) is 6.33. The van der Waals surface area contributed by atoms with Crippen LogP contribution in [0.5, 0.6) is 0 Å². The topological polar surface area (TPSA) is 0 Å².